The summed E-state index contributed by atoms with van der Waals surface area (Å²) >= 11 is 12.3. The van der Waals surface area contributed by atoms with E-state index in [1.807, 2.05) is 0 Å². The van der Waals surface area contributed by atoms with Gasteiger partial charge in [0.25, 0.3) is 0 Å². The molecule has 0 unspecified atom stereocenters. The fourth-order valence-electron chi connectivity index (χ4n) is 2.65. The molecule has 0 spiro atoms. The molecule has 4 nitrogen and oxygen atoms in total. The molecule has 0 heterocycles. The molecule has 3 rings (SSSR count). The summed E-state index contributed by atoms with van der Waals surface area (Å²) < 4.78 is 24.4. The Morgan fingerprint density at radius 1 is 1.03 bits per heavy atom. The third-order valence-electron chi connectivity index (χ3n) is 4.14. The number of nitrogens with one attached hydrogen (secondary N) is 1. The van der Waals surface area contributed by atoms with E-state index in [4.69, 9.17) is 32.7 Å². The van der Waals surface area contributed by atoms with Crippen LogP contribution in [-0.4, -0.2) is 13.0 Å². The van der Waals surface area contributed by atoms with Gasteiger partial charge in [0.1, 0.15) is 12.4 Å². The molecular formula is C23H18Cl2FNO3. The molecule has 0 aliphatic carbocycles. The van der Waals surface area contributed by atoms with Crippen molar-refractivity contribution >= 4 is 40.9 Å². The SMILES string of the molecule is COc1cc(C=CC(=O)Nc2cccc(F)c2)ccc1OCc1c(Cl)cccc1Cl. The maximum absolute atomic E-state index is 13.2. The molecule has 0 fully saturated rings. The molecule has 3 aromatic carbocycles. The zero-order chi connectivity index (χ0) is 21.5. The molecule has 1 N–H and O–H groups in total. The summed E-state index contributed by atoms with van der Waals surface area (Å²) in [7, 11) is 1.52. The number of ether oxygens (including phenoxy) is 2. The van der Waals surface area contributed by atoms with E-state index in [9.17, 15) is 9.18 Å². The van der Waals surface area contributed by atoms with Crippen LogP contribution >= 0.6 is 23.2 Å². The van der Waals surface area contributed by atoms with E-state index in [0.29, 0.717) is 32.8 Å². The number of hydrogen-bond donors (Lipinski definition) is 1. The Bertz CT molecular complexity index is 1070. The molecule has 1 amide bonds. The van der Waals surface area contributed by atoms with Crippen LogP contribution in [0.15, 0.2) is 66.7 Å². The molecule has 0 radical (unpaired) electrons. The maximum atomic E-state index is 13.2. The first kappa shape index (κ1) is 21.7. The molecule has 0 aromatic heterocycles. The first-order valence-electron chi connectivity index (χ1n) is 8.94. The fourth-order valence-corrected chi connectivity index (χ4v) is 3.16. The lowest BCUT2D eigenvalue weighted by Gasteiger charge is -2.13. The Hall–Kier alpha value is -3.02. The minimum atomic E-state index is -0.421. The number of rotatable bonds is 7. The molecule has 3 aromatic rings. The number of benzene rings is 3. The average Bonchev–Trinajstić information content (AvgIpc) is 2.72. The summed E-state index contributed by atoms with van der Waals surface area (Å²) in [5, 5.41) is 3.63. The van der Waals surface area contributed by atoms with Crippen LogP contribution in [0.1, 0.15) is 11.1 Å². The number of anilines is 1. The monoisotopic (exact) mass is 445 g/mol. The summed E-state index contributed by atoms with van der Waals surface area (Å²) in [6.07, 6.45) is 2.97. The van der Waals surface area contributed by atoms with Gasteiger partial charge >= 0.3 is 0 Å². The number of carbonyl (C=O) groups is 1. The summed E-state index contributed by atoms with van der Waals surface area (Å²) in [5.74, 6) is 0.198. The summed E-state index contributed by atoms with van der Waals surface area (Å²) in [6.45, 7) is 0.181. The number of amides is 1. The highest BCUT2D eigenvalue weighted by atomic mass is 35.5. The second-order valence-electron chi connectivity index (χ2n) is 6.23. The highest BCUT2D eigenvalue weighted by molar-refractivity contribution is 6.35. The topological polar surface area (TPSA) is 47.6 Å². The van der Waals surface area contributed by atoms with Crippen molar-refractivity contribution in [2.45, 2.75) is 6.61 Å². The van der Waals surface area contributed by atoms with E-state index in [1.165, 1.54) is 31.4 Å². The average molecular weight is 446 g/mol. The normalized spacial score (nSPS) is 10.8. The van der Waals surface area contributed by atoms with Crippen LogP contribution in [0.5, 0.6) is 11.5 Å². The number of carbonyl (C=O) groups excluding carboxylic acids is 1. The van der Waals surface area contributed by atoms with Crippen LogP contribution in [0, 0.1) is 5.82 Å². The number of methoxy groups -OCH3 is 1. The van der Waals surface area contributed by atoms with Crippen molar-refractivity contribution in [3.8, 4) is 11.5 Å². The first-order chi connectivity index (χ1) is 14.5. The van der Waals surface area contributed by atoms with E-state index in [-0.39, 0.29) is 12.5 Å². The van der Waals surface area contributed by atoms with Gasteiger partial charge in [-0.25, -0.2) is 4.39 Å². The Morgan fingerprint density at radius 3 is 2.47 bits per heavy atom. The van der Waals surface area contributed by atoms with E-state index < -0.39 is 5.82 Å². The fraction of sp³-hybridized carbons (Fsp3) is 0.0870. The minimum Gasteiger partial charge on any atom is -0.493 e. The van der Waals surface area contributed by atoms with Crippen molar-refractivity contribution in [1.82, 2.24) is 0 Å². The molecule has 0 bridgehead atoms. The maximum Gasteiger partial charge on any atom is 0.248 e. The van der Waals surface area contributed by atoms with Crippen molar-refractivity contribution in [2.24, 2.45) is 0 Å². The predicted molar refractivity (Wildman–Crippen MR) is 118 cm³/mol. The molecule has 0 atom stereocenters. The van der Waals surface area contributed by atoms with Gasteiger partial charge in [-0.1, -0.05) is 41.4 Å². The largest absolute Gasteiger partial charge is 0.493 e. The molecule has 0 saturated carbocycles. The lowest BCUT2D eigenvalue weighted by molar-refractivity contribution is -0.111. The Labute approximate surface area is 183 Å². The first-order valence-corrected chi connectivity index (χ1v) is 9.70. The molecule has 0 aliphatic rings. The van der Waals surface area contributed by atoms with Crippen molar-refractivity contribution in [3.05, 3.63) is 93.7 Å². The molecule has 7 heteroatoms. The van der Waals surface area contributed by atoms with Gasteiger partial charge in [-0.15, -0.1) is 0 Å². The van der Waals surface area contributed by atoms with Crippen LogP contribution in [0.4, 0.5) is 10.1 Å². The Morgan fingerprint density at radius 2 is 1.77 bits per heavy atom. The van der Waals surface area contributed by atoms with Crippen molar-refractivity contribution < 1.29 is 18.7 Å². The lowest BCUT2D eigenvalue weighted by Crippen LogP contribution is -2.07. The highest BCUT2D eigenvalue weighted by Gasteiger charge is 2.10. The van der Waals surface area contributed by atoms with Crippen LogP contribution < -0.4 is 14.8 Å². The molecule has 154 valence electrons. The van der Waals surface area contributed by atoms with Crippen LogP contribution in [-0.2, 0) is 11.4 Å². The van der Waals surface area contributed by atoms with Crippen molar-refractivity contribution in [3.63, 3.8) is 0 Å². The van der Waals surface area contributed by atoms with E-state index >= 15 is 0 Å². The third-order valence-corrected chi connectivity index (χ3v) is 4.85. The molecule has 30 heavy (non-hydrogen) atoms. The zero-order valence-electron chi connectivity index (χ0n) is 16.0. The quantitative estimate of drug-likeness (QED) is 0.429. The van der Waals surface area contributed by atoms with E-state index in [2.05, 4.69) is 5.32 Å². The number of halogens is 3. The van der Waals surface area contributed by atoms with Gasteiger partial charge in [0.2, 0.25) is 5.91 Å². The summed E-state index contributed by atoms with van der Waals surface area (Å²) in [4.78, 5) is 12.0. The van der Waals surface area contributed by atoms with Crippen molar-refractivity contribution in [2.75, 3.05) is 12.4 Å². The van der Waals surface area contributed by atoms with Gasteiger partial charge in [0, 0.05) is 27.4 Å². The van der Waals surface area contributed by atoms with E-state index in [1.54, 1.807) is 48.5 Å². The highest BCUT2D eigenvalue weighted by Crippen LogP contribution is 2.31. The van der Waals surface area contributed by atoms with Crippen molar-refractivity contribution in [1.29, 1.82) is 0 Å². The van der Waals surface area contributed by atoms with Gasteiger partial charge in [-0.05, 0) is 54.1 Å². The molecule has 0 aliphatic heterocycles. The number of hydrogen-bond acceptors (Lipinski definition) is 3. The minimum absolute atomic E-state index is 0.181. The van der Waals surface area contributed by atoms with Gasteiger partial charge < -0.3 is 14.8 Å². The lowest BCUT2D eigenvalue weighted by atomic mass is 10.2. The molecule has 0 saturated heterocycles. The van der Waals surface area contributed by atoms with Gasteiger partial charge in [0.15, 0.2) is 11.5 Å². The van der Waals surface area contributed by atoms with Crippen LogP contribution in [0.25, 0.3) is 6.08 Å². The van der Waals surface area contributed by atoms with Gasteiger partial charge in [0.05, 0.1) is 7.11 Å². The Kier molecular flexibility index (Phi) is 7.33. The van der Waals surface area contributed by atoms with E-state index in [0.717, 1.165) is 5.56 Å². The van der Waals surface area contributed by atoms with Gasteiger partial charge in [-0.2, -0.15) is 0 Å². The second kappa shape index (κ2) is 10.1. The van der Waals surface area contributed by atoms with Crippen LogP contribution in [0.3, 0.4) is 0 Å². The second-order valence-corrected chi connectivity index (χ2v) is 7.05. The summed E-state index contributed by atoms with van der Waals surface area (Å²) in [5.41, 5.74) is 1.79. The molecular weight excluding hydrogens is 428 g/mol. The van der Waals surface area contributed by atoms with Crippen LogP contribution in [0.2, 0.25) is 10.0 Å². The standard InChI is InChI=1S/C23H18Cl2FNO3/c1-29-22-12-15(9-11-23(28)27-17-5-2-4-16(26)13-17)8-10-21(22)30-14-18-19(24)6-3-7-20(18)25/h2-13H,14H2,1H3,(H,27,28). The third kappa shape index (κ3) is 5.75. The smallest absolute Gasteiger partial charge is 0.248 e. The summed E-state index contributed by atoms with van der Waals surface area (Å²) in [6, 6.07) is 16.2. The predicted octanol–water partition coefficient (Wildman–Crippen LogP) is 6.37. The van der Waals surface area contributed by atoms with Gasteiger partial charge in [-0.3, -0.25) is 4.79 Å². The Balaban J connectivity index is 1.67. The zero-order valence-corrected chi connectivity index (χ0v) is 17.5.